The summed E-state index contributed by atoms with van der Waals surface area (Å²) >= 11 is 0. The minimum atomic E-state index is -1.50. The Kier molecular flexibility index (Phi) is 3.16. The van der Waals surface area contributed by atoms with Crippen molar-refractivity contribution in [2.45, 2.75) is 12.5 Å². The van der Waals surface area contributed by atoms with Gasteiger partial charge in [-0.15, -0.1) is 0 Å². The first-order valence-corrected chi connectivity index (χ1v) is 4.28. The predicted octanol–water partition coefficient (Wildman–Crippen LogP) is -0.298. The molecule has 0 aliphatic heterocycles. The van der Waals surface area contributed by atoms with E-state index < -0.39 is 29.7 Å². The van der Waals surface area contributed by atoms with Crippen LogP contribution in [0.5, 0.6) is 0 Å². The van der Waals surface area contributed by atoms with E-state index in [1.165, 1.54) is 24.3 Å². The van der Waals surface area contributed by atoms with Crippen molar-refractivity contribution < 1.29 is 24.6 Å². The number of aldehydes is 1. The Morgan fingerprint density at radius 2 is 1.87 bits per heavy atom. The summed E-state index contributed by atoms with van der Waals surface area (Å²) < 4.78 is 0. The lowest BCUT2D eigenvalue weighted by Crippen LogP contribution is -2.32. The Morgan fingerprint density at radius 3 is 2.27 bits per heavy atom. The van der Waals surface area contributed by atoms with Gasteiger partial charge in [-0.3, -0.25) is 14.4 Å². The summed E-state index contributed by atoms with van der Waals surface area (Å²) in [7, 11) is 0. The molecular formula is C10H10O5. The molecule has 1 rings (SSSR count). The Hall–Kier alpha value is -1.75. The summed E-state index contributed by atoms with van der Waals surface area (Å²) in [6, 6.07) is 0. The molecule has 0 radical (unpaired) electrons. The lowest BCUT2D eigenvalue weighted by Gasteiger charge is -2.23. The molecule has 15 heavy (non-hydrogen) atoms. The summed E-state index contributed by atoms with van der Waals surface area (Å²) in [4.78, 5) is 32.1. The summed E-state index contributed by atoms with van der Waals surface area (Å²) in [5.41, 5.74) is -1.50. The second-order valence-electron chi connectivity index (χ2n) is 3.32. The van der Waals surface area contributed by atoms with Gasteiger partial charge in [0.2, 0.25) is 0 Å². The van der Waals surface area contributed by atoms with Gasteiger partial charge < -0.3 is 10.2 Å². The molecule has 0 spiro atoms. The number of hydrogen-bond donors (Lipinski definition) is 2. The van der Waals surface area contributed by atoms with Gasteiger partial charge in [0, 0.05) is 6.42 Å². The SMILES string of the molecule is O=CC(=O)CC1(C(=O)O)C=CC(O)C=C1. The number of hydrogen-bond acceptors (Lipinski definition) is 4. The second-order valence-corrected chi connectivity index (χ2v) is 3.32. The molecule has 1 aliphatic carbocycles. The molecular weight excluding hydrogens is 200 g/mol. The van der Waals surface area contributed by atoms with Gasteiger partial charge in [0.1, 0.15) is 5.41 Å². The van der Waals surface area contributed by atoms with Crippen molar-refractivity contribution in [3.05, 3.63) is 24.3 Å². The highest BCUT2D eigenvalue weighted by Crippen LogP contribution is 2.30. The van der Waals surface area contributed by atoms with E-state index in [1.807, 2.05) is 0 Å². The second kappa shape index (κ2) is 4.18. The van der Waals surface area contributed by atoms with E-state index in [1.54, 1.807) is 0 Å². The molecule has 0 saturated carbocycles. The number of carbonyl (C=O) groups excluding carboxylic acids is 2. The van der Waals surface area contributed by atoms with Crippen molar-refractivity contribution >= 4 is 18.0 Å². The molecule has 0 fully saturated rings. The Bertz CT molecular complexity index is 339. The van der Waals surface area contributed by atoms with Gasteiger partial charge in [0.25, 0.3) is 0 Å². The number of rotatable bonds is 4. The molecule has 0 aromatic rings. The third-order valence-corrected chi connectivity index (χ3v) is 2.18. The highest BCUT2D eigenvalue weighted by molar-refractivity contribution is 6.25. The number of aliphatic carboxylic acids is 1. The van der Waals surface area contributed by atoms with Gasteiger partial charge in [0.15, 0.2) is 12.1 Å². The van der Waals surface area contributed by atoms with Gasteiger partial charge in [-0.1, -0.05) is 24.3 Å². The maximum atomic E-state index is 11.0. The Balaban J connectivity index is 2.96. The van der Waals surface area contributed by atoms with Crippen LogP contribution in [0.25, 0.3) is 0 Å². The smallest absolute Gasteiger partial charge is 0.317 e. The van der Waals surface area contributed by atoms with E-state index in [2.05, 4.69) is 0 Å². The zero-order chi connectivity index (χ0) is 11.5. The van der Waals surface area contributed by atoms with E-state index in [9.17, 15) is 14.4 Å². The third-order valence-electron chi connectivity index (χ3n) is 2.18. The zero-order valence-corrected chi connectivity index (χ0v) is 7.79. The van der Waals surface area contributed by atoms with Crippen LogP contribution in [-0.4, -0.2) is 34.4 Å². The number of aliphatic hydroxyl groups excluding tert-OH is 1. The summed E-state index contributed by atoms with van der Waals surface area (Å²) in [6.45, 7) is 0. The van der Waals surface area contributed by atoms with Crippen molar-refractivity contribution in [2.24, 2.45) is 5.41 Å². The van der Waals surface area contributed by atoms with E-state index in [-0.39, 0.29) is 6.29 Å². The first kappa shape index (κ1) is 11.3. The van der Waals surface area contributed by atoms with Crippen molar-refractivity contribution in [1.29, 1.82) is 0 Å². The van der Waals surface area contributed by atoms with Crippen LogP contribution in [0.4, 0.5) is 0 Å². The Labute approximate surface area is 85.7 Å². The molecule has 0 heterocycles. The van der Waals surface area contributed by atoms with Crippen molar-refractivity contribution in [3.8, 4) is 0 Å². The van der Waals surface area contributed by atoms with E-state index in [0.717, 1.165) is 0 Å². The van der Waals surface area contributed by atoms with Crippen LogP contribution in [0.2, 0.25) is 0 Å². The zero-order valence-electron chi connectivity index (χ0n) is 7.79. The predicted molar refractivity (Wildman–Crippen MR) is 50.0 cm³/mol. The molecule has 5 heteroatoms. The lowest BCUT2D eigenvalue weighted by atomic mass is 9.79. The third kappa shape index (κ3) is 2.38. The number of Topliss-reactive ketones (excluding diaryl/α,β-unsaturated/α-hetero) is 1. The van der Waals surface area contributed by atoms with Gasteiger partial charge >= 0.3 is 5.97 Å². The van der Waals surface area contributed by atoms with Crippen LogP contribution in [0, 0.1) is 5.41 Å². The largest absolute Gasteiger partial charge is 0.480 e. The number of ketones is 1. The average Bonchev–Trinajstić information content (AvgIpc) is 2.21. The standard InChI is InChI=1S/C10H10O5/c11-6-8(13)5-10(9(14)15)3-1-7(12)2-4-10/h1-4,6-7,12H,5H2,(H,14,15). The first-order chi connectivity index (χ1) is 7.00. The average molecular weight is 210 g/mol. The molecule has 0 aromatic carbocycles. The van der Waals surface area contributed by atoms with Gasteiger partial charge in [-0.25, -0.2) is 0 Å². The number of carboxylic acid groups (broad SMARTS) is 1. The highest BCUT2D eigenvalue weighted by Gasteiger charge is 2.37. The molecule has 0 unspecified atom stereocenters. The summed E-state index contributed by atoms with van der Waals surface area (Å²) in [5, 5.41) is 18.1. The fourth-order valence-electron chi connectivity index (χ4n) is 1.33. The van der Waals surface area contributed by atoms with Gasteiger partial charge in [-0.2, -0.15) is 0 Å². The molecule has 0 aromatic heterocycles. The van der Waals surface area contributed by atoms with E-state index in [4.69, 9.17) is 10.2 Å². The maximum absolute atomic E-state index is 11.0. The van der Waals surface area contributed by atoms with Gasteiger partial charge in [-0.05, 0) is 0 Å². The quantitative estimate of drug-likeness (QED) is 0.377. The van der Waals surface area contributed by atoms with Crippen LogP contribution >= 0.6 is 0 Å². The minimum Gasteiger partial charge on any atom is -0.480 e. The maximum Gasteiger partial charge on any atom is 0.317 e. The van der Waals surface area contributed by atoms with E-state index >= 15 is 0 Å². The van der Waals surface area contributed by atoms with Gasteiger partial charge in [0.05, 0.1) is 6.10 Å². The number of carbonyl (C=O) groups is 3. The Morgan fingerprint density at radius 1 is 1.33 bits per heavy atom. The van der Waals surface area contributed by atoms with Crippen LogP contribution in [0.3, 0.4) is 0 Å². The summed E-state index contributed by atoms with van der Waals surface area (Å²) in [5.74, 6) is -2.01. The molecule has 2 N–H and O–H groups in total. The first-order valence-electron chi connectivity index (χ1n) is 4.28. The van der Waals surface area contributed by atoms with Crippen molar-refractivity contribution in [1.82, 2.24) is 0 Å². The fourth-order valence-corrected chi connectivity index (χ4v) is 1.33. The normalized spacial score (nSPS) is 28.7. The van der Waals surface area contributed by atoms with Crippen LogP contribution in [0.15, 0.2) is 24.3 Å². The fraction of sp³-hybridized carbons (Fsp3) is 0.300. The summed E-state index contributed by atoms with van der Waals surface area (Å²) in [6.07, 6.45) is 3.81. The van der Waals surface area contributed by atoms with Crippen molar-refractivity contribution in [3.63, 3.8) is 0 Å². The van der Waals surface area contributed by atoms with Crippen molar-refractivity contribution in [2.75, 3.05) is 0 Å². The molecule has 0 bridgehead atoms. The molecule has 0 saturated heterocycles. The molecule has 0 atom stereocenters. The van der Waals surface area contributed by atoms with E-state index in [0.29, 0.717) is 0 Å². The highest BCUT2D eigenvalue weighted by atomic mass is 16.4. The molecule has 80 valence electrons. The lowest BCUT2D eigenvalue weighted by molar-refractivity contribution is -0.146. The number of aliphatic hydroxyl groups is 1. The van der Waals surface area contributed by atoms with Crippen LogP contribution in [0.1, 0.15) is 6.42 Å². The van der Waals surface area contributed by atoms with Crippen LogP contribution < -0.4 is 0 Å². The minimum absolute atomic E-state index is 0.0946. The van der Waals surface area contributed by atoms with Crippen LogP contribution in [-0.2, 0) is 14.4 Å². The topological polar surface area (TPSA) is 91.7 Å². The number of carboxylic acids is 1. The molecule has 1 aliphatic rings. The monoisotopic (exact) mass is 210 g/mol. The molecule has 5 nitrogen and oxygen atoms in total. The molecule has 0 amide bonds.